The van der Waals surface area contributed by atoms with Gasteiger partial charge in [0.05, 0.1) is 10.8 Å². The van der Waals surface area contributed by atoms with Gasteiger partial charge in [-0.2, -0.15) is 0 Å². The number of para-hydroxylation sites is 1. The number of anilines is 1. The molecule has 2 aromatic heterocycles. The maximum absolute atomic E-state index is 14.0. The molecule has 2 saturated heterocycles. The lowest BCUT2D eigenvalue weighted by Crippen LogP contribution is -2.42. The molecule has 1 N–H and O–H groups in total. The van der Waals surface area contributed by atoms with Crippen molar-refractivity contribution in [3.63, 3.8) is 0 Å². The fraction of sp³-hybridized carbons (Fsp3) is 0.588. The van der Waals surface area contributed by atoms with Crippen LogP contribution in [0.25, 0.3) is 11.2 Å². The average molecular weight is 636 g/mol. The van der Waals surface area contributed by atoms with Gasteiger partial charge < -0.3 is 19.6 Å². The molecule has 4 heterocycles. The number of piperidine rings is 1. The molecule has 2 fully saturated rings. The minimum atomic E-state index is -0.422. The minimum absolute atomic E-state index is 0.00507. The number of rotatable bonds is 11. The zero-order valence-electron chi connectivity index (χ0n) is 27.7. The van der Waals surface area contributed by atoms with Gasteiger partial charge >= 0.3 is 5.69 Å². The molecule has 0 radical (unpaired) electrons. The number of H-pyrrole nitrogens is 1. The van der Waals surface area contributed by atoms with Crippen molar-refractivity contribution in [1.29, 1.82) is 0 Å². The first-order valence-corrected chi connectivity index (χ1v) is 17.1. The second-order valence-corrected chi connectivity index (χ2v) is 15.2. The minimum Gasteiger partial charge on any atom is -0.374 e. The molecule has 10 nitrogen and oxygen atoms in total. The van der Waals surface area contributed by atoms with E-state index in [-0.39, 0.29) is 40.8 Å². The zero-order valence-corrected chi connectivity index (χ0v) is 28.5. The molecule has 1 aromatic carbocycles. The summed E-state index contributed by atoms with van der Waals surface area (Å²) in [4.78, 5) is 55.8. The molecule has 0 bridgehead atoms. The van der Waals surface area contributed by atoms with Gasteiger partial charge in [0.2, 0.25) is 11.8 Å². The molecule has 0 aliphatic carbocycles. The maximum atomic E-state index is 14.0. The lowest BCUT2D eigenvalue weighted by molar-refractivity contribution is -0.136. The highest BCUT2D eigenvalue weighted by molar-refractivity contribution is 8.01. The van der Waals surface area contributed by atoms with Crippen molar-refractivity contribution < 1.29 is 9.59 Å². The highest BCUT2D eigenvalue weighted by atomic mass is 32.2. The Balaban J connectivity index is 1.28. The third-order valence-corrected chi connectivity index (χ3v) is 10.4. The number of aromatic amines is 1. The summed E-state index contributed by atoms with van der Waals surface area (Å²) in [6.07, 6.45) is 5.16. The summed E-state index contributed by atoms with van der Waals surface area (Å²) >= 11 is 1.62. The molecule has 5 rings (SSSR count). The third kappa shape index (κ3) is 7.74. The van der Waals surface area contributed by atoms with Crippen LogP contribution in [0.15, 0.2) is 47.4 Å². The van der Waals surface area contributed by atoms with E-state index in [4.69, 9.17) is 0 Å². The number of nitrogens with zero attached hydrogens (tertiary/aromatic N) is 6. The van der Waals surface area contributed by atoms with E-state index in [1.54, 1.807) is 22.5 Å². The van der Waals surface area contributed by atoms with Gasteiger partial charge in [-0.3, -0.25) is 19.1 Å². The van der Waals surface area contributed by atoms with E-state index in [9.17, 15) is 14.4 Å². The van der Waals surface area contributed by atoms with E-state index in [1.807, 2.05) is 21.9 Å². The first-order valence-electron chi connectivity index (χ1n) is 16.2. The molecule has 2 amide bonds. The number of hydrogen-bond donors (Lipinski definition) is 1. The van der Waals surface area contributed by atoms with Crippen LogP contribution in [0.2, 0.25) is 0 Å². The number of hydrogen-bond acceptors (Lipinski definition) is 7. The van der Waals surface area contributed by atoms with Crippen molar-refractivity contribution in [3.8, 4) is 0 Å². The third-order valence-electron chi connectivity index (χ3n) is 8.98. The molecule has 0 spiro atoms. The van der Waals surface area contributed by atoms with E-state index in [2.05, 4.69) is 85.9 Å². The van der Waals surface area contributed by atoms with Crippen molar-refractivity contribution in [1.82, 2.24) is 29.2 Å². The summed E-state index contributed by atoms with van der Waals surface area (Å²) in [5.74, 6) is 0.0677. The van der Waals surface area contributed by atoms with Gasteiger partial charge in [-0.25, -0.2) is 9.78 Å². The number of nitrogens with one attached hydrogen (secondary N) is 1. The average Bonchev–Trinajstić information content (AvgIpc) is 3.50. The van der Waals surface area contributed by atoms with Crippen LogP contribution in [-0.4, -0.2) is 100 Å². The Bertz CT molecular complexity index is 1540. The number of carbonyl (C=O) groups is 2. The first-order chi connectivity index (χ1) is 21.4. The van der Waals surface area contributed by atoms with Crippen LogP contribution in [-0.2, 0) is 9.59 Å². The standard InChI is InChI=1S/C34H49N7O3S/c1-34(2,3)16-22-40-31(43)28(45-32(40)25-11-7-8-12-26(25)38(6)19-10-18-37(4)5)23-29(42)39-20-14-24(15-21-39)41-27-13-9-17-35-30(27)36-33(41)44/h7-9,11-13,17,24,28,32H,10,14-16,18-23H2,1-6H3,(H,35,36,44). The van der Waals surface area contributed by atoms with Crippen LogP contribution >= 0.6 is 11.8 Å². The Morgan fingerprint density at radius 3 is 2.49 bits per heavy atom. The monoisotopic (exact) mass is 635 g/mol. The van der Waals surface area contributed by atoms with Crippen molar-refractivity contribution in [3.05, 3.63) is 58.6 Å². The summed E-state index contributed by atoms with van der Waals surface area (Å²) in [7, 11) is 6.31. The highest BCUT2D eigenvalue weighted by Crippen LogP contribution is 2.47. The number of benzene rings is 1. The van der Waals surface area contributed by atoms with E-state index < -0.39 is 5.25 Å². The zero-order chi connectivity index (χ0) is 32.3. The quantitative estimate of drug-likeness (QED) is 0.325. The van der Waals surface area contributed by atoms with Gasteiger partial charge in [0.25, 0.3) is 0 Å². The van der Waals surface area contributed by atoms with Gasteiger partial charge in [0, 0.05) is 63.1 Å². The van der Waals surface area contributed by atoms with Crippen molar-refractivity contribution in [2.75, 3.05) is 58.8 Å². The number of thioether (sulfide) groups is 1. The van der Waals surface area contributed by atoms with Crippen LogP contribution in [0.1, 0.15) is 69.9 Å². The molecule has 244 valence electrons. The molecular weight excluding hydrogens is 586 g/mol. The molecule has 3 aromatic rings. The van der Waals surface area contributed by atoms with Crippen LogP contribution < -0.4 is 10.6 Å². The second-order valence-electron chi connectivity index (χ2n) is 13.9. The highest BCUT2D eigenvalue weighted by Gasteiger charge is 2.43. The Labute approximate surface area is 271 Å². The largest absolute Gasteiger partial charge is 0.374 e. The number of fused-ring (bicyclic) bond motifs is 1. The molecule has 2 aliphatic rings. The van der Waals surface area contributed by atoms with Crippen molar-refractivity contribution in [2.24, 2.45) is 5.41 Å². The van der Waals surface area contributed by atoms with Gasteiger partial charge in [0.15, 0.2) is 5.65 Å². The van der Waals surface area contributed by atoms with E-state index in [1.165, 1.54) is 0 Å². The lowest BCUT2D eigenvalue weighted by Gasteiger charge is -2.33. The number of amides is 2. The number of carbonyl (C=O) groups excluding carboxylic acids is 2. The van der Waals surface area contributed by atoms with Crippen molar-refractivity contribution in [2.45, 2.75) is 69.5 Å². The summed E-state index contributed by atoms with van der Waals surface area (Å²) in [5, 5.41) is -0.562. The summed E-state index contributed by atoms with van der Waals surface area (Å²) in [6, 6.07) is 12.2. The molecule has 2 unspecified atom stereocenters. The van der Waals surface area contributed by atoms with Crippen LogP contribution in [0.5, 0.6) is 0 Å². The summed E-state index contributed by atoms with van der Waals surface area (Å²) in [5.41, 5.74) is 3.57. The lowest BCUT2D eigenvalue weighted by atomic mass is 9.92. The smallest absolute Gasteiger partial charge is 0.327 e. The Hall–Kier alpha value is -3.31. The molecule has 0 saturated carbocycles. The molecular formula is C34H49N7O3S. The second kappa shape index (κ2) is 14.0. The molecule has 2 atom stereocenters. The van der Waals surface area contributed by atoms with Gasteiger partial charge in [-0.15, -0.1) is 11.8 Å². The summed E-state index contributed by atoms with van der Waals surface area (Å²) in [6.45, 7) is 10.3. The summed E-state index contributed by atoms with van der Waals surface area (Å²) < 4.78 is 1.78. The Morgan fingerprint density at radius 1 is 1.04 bits per heavy atom. The fourth-order valence-electron chi connectivity index (χ4n) is 6.42. The first kappa shape index (κ1) is 33.1. The fourth-order valence-corrected chi connectivity index (χ4v) is 7.92. The maximum Gasteiger partial charge on any atom is 0.327 e. The molecule has 2 aliphatic heterocycles. The topological polar surface area (TPSA) is 97.8 Å². The predicted molar refractivity (Wildman–Crippen MR) is 183 cm³/mol. The van der Waals surface area contributed by atoms with E-state index >= 15 is 0 Å². The van der Waals surface area contributed by atoms with E-state index in [0.29, 0.717) is 38.1 Å². The van der Waals surface area contributed by atoms with Crippen LogP contribution in [0.4, 0.5) is 5.69 Å². The molecule has 11 heteroatoms. The SMILES string of the molecule is CN(C)CCCN(C)c1ccccc1C1SC(CC(=O)N2CCC(n3c(=O)[nH]c4ncccc43)CC2)C(=O)N1CCC(C)(C)C. The normalized spacial score (nSPS) is 19.7. The number of aromatic nitrogens is 3. The number of likely N-dealkylation sites (tertiary alicyclic amines) is 1. The van der Waals surface area contributed by atoms with Crippen molar-refractivity contribution >= 4 is 40.4 Å². The van der Waals surface area contributed by atoms with Gasteiger partial charge in [-0.05, 0) is 69.9 Å². The number of pyridine rings is 1. The Morgan fingerprint density at radius 2 is 1.78 bits per heavy atom. The van der Waals surface area contributed by atoms with Crippen LogP contribution in [0.3, 0.4) is 0 Å². The van der Waals surface area contributed by atoms with Gasteiger partial charge in [-0.1, -0.05) is 39.0 Å². The molecule has 45 heavy (non-hydrogen) atoms. The predicted octanol–water partition coefficient (Wildman–Crippen LogP) is 4.75. The Kier molecular flexibility index (Phi) is 10.3. The van der Waals surface area contributed by atoms with Crippen LogP contribution in [0, 0.1) is 5.41 Å². The van der Waals surface area contributed by atoms with Gasteiger partial charge in [0.1, 0.15) is 5.37 Å². The van der Waals surface area contributed by atoms with E-state index in [0.717, 1.165) is 42.7 Å². The number of imidazole rings is 1.